The van der Waals surface area contributed by atoms with Crippen LogP contribution in [0.5, 0.6) is 0 Å². The summed E-state index contributed by atoms with van der Waals surface area (Å²) in [6.45, 7) is 2.23. The zero-order valence-corrected chi connectivity index (χ0v) is 12.5. The van der Waals surface area contributed by atoms with Crippen LogP contribution in [-0.2, 0) is 6.42 Å². The van der Waals surface area contributed by atoms with Crippen LogP contribution in [0.15, 0.2) is 41.8 Å². The van der Waals surface area contributed by atoms with Crippen LogP contribution >= 0.6 is 11.3 Å². The number of nitrogens with one attached hydrogen (secondary N) is 1. The smallest absolute Gasteiger partial charge is 0.123 e. The Bertz CT molecular complexity index is 531. The Balaban J connectivity index is 1.66. The lowest BCUT2D eigenvalue weighted by Gasteiger charge is -2.23. The van der Waals surface area contributed by atoms with Gasteiger partial charge in [-0.3, -0.25) is 0 Å². The maximum Gasteiger partial charge on any atom is 0.123 e. The summed E-state index contributed by atoms with van der Waals surface area (Å²) in [5.41, 5.74) is 1.21. The molecule has 1 aromatic carbocycles. The third-order valence-electron chi connectivity index (χ3n) is 3.87. The molecule has 0 spiro atoms. The fourth-order valence-corrected chi connectivity index (χ4v) is 3.54. The number of halogens is 1. The standard InChI is InChI=1S/C17H20FNS/c1-12(11-16-3-2-10-20-16)19-17(13-4-5-13)14-6-8-15(18)9-7-14/h2-3,6-10,12-13,17,19H,4-5,11H2,1H3. The van der Waals surface area contributed by atoms with Crippen molar-refractivity contribution < 1.29 is 4.39 Å². The number of benzene rings is 1. The summed E-state index contributed by atoms with van der Waals surface area (Å²) in [7, 11) is 0. The summed E-state index contributed by atoms with van der Waals surface area (Å²) in [4.78, 5) is 1.42. The first-order chi connectivity index (χ1) is 9.72. The average molecular weight is 289 g/mol. The molecule has 1 heterocycles. The van der Waals surface area contributed by atoms with Crippen molar-refractivity contribution >= 4 is 11.3 Å². The molecule has 2 atom stereocenters. The van der Waals surface area contributed by atoms with Crippen molar-refractivity contribution in [1.82, 2.24) is 5.32 Å². The zero-order valence-electron chi connectivity index (χ0n) is 11.7. The summed E-state index contributed by atoms with van der Waals surface area (Å²) < 4.78 is 13.1. The molecule has 1 aliphatic carbocycles. The predicted octanol–water partition coefficient (Wildman–Crippen LogP) is 4.56. The molecule has 1 fully saturated rings. The first kappa shape index (κ1) is 13.8. The van der Waals surface area contributed by atoms with E-state index in [1.54, 1.807) is 12.1 Å². The normalized spacial score (nSPS) is 17.9. The molecule has 0 saturated heterocycles. The largest absolute Gasteiger partial charge is 0.307 e. The Morgan fingerprint density at radius 2 is 2.00 bits per heavy atom. The summed E-state index contributed by atoms with van der Waals surface area (Å²) in [6, 6.07) is 12.1. The summed E-state index contributed by atoms with van der Waals surface area (Å²) in [5.74, 6) is 0.557. The van der Waals surface area contributed by atoms with E-state index in [0.717, 1.165) is 6.42 Å². The summed E-state index contributed by atoms with van der Waals surface area (Å²) in [5, 5.41) is 5.86. The molecule has 3 heteroatoms. The molecule has 0 aliphatic heterocycles. The van der Waals surface area contributed by atoms with Gasteiger partial charge in [0.05, 0.1) is 0 Å². The highest BCUT2D eigenvalue weighted by molar-refractivity contribution is 7.09. The Morgan fingerprint density at radius 3 is 2.60 bits per heavy atom. The fourth-order valence-electron chi connectivity index (χ4n) is 2.70. The molecule has 0 radical (unpaired) electrons. The monoisotopic (exact) mass is 289 g/mol. The lowest BCUT2D eigenvalue weighted by atomic mass is 10.0. The van der Waals surface area contributed by atoms with Crippen LogP contribution in [0.2, 0.25) is 0 Å². The first-order valence-corrected chi connectivity index (χ1v) is 8.14. The van der Waals surface area contributed by atoms with Gasteiger partial charge in [-0.05, 0) is 61.2 Å². The second-order valence-electron chi connectivity index (χ2n) is 5.72. The SMILES string of the molecule is CC(Cc1cccs1)NC(c1ccc(F)cc1)C1CC1. The minimum Gasteiger partial charge on any atom is -0.307 e. The van der Waals surface area contributed by atoms with Gasteiger partial charge in [0.1, 0.15) is 5.82 Å². The van der Waals surface area contributed by atoms with E-state index in [2.05, 4.69) is 29.8 Å². The molecule has 2 aromatic rings. The van der Waals surface area contributed by atoms with Crippen LogP contribution in [0.25, 0.3) is 0 Å². The van der Waals surface area contributed by atoms with Crippen molar-refractivity contribution in [1.29, 1.82) is 0 Å². The van der Waals surface area contributed by atoms with E-state index in [9.17, 15) is 4.39 Å². The van der Waals surface area contributed by atoms with E-state index >= 15 is 0 Å². The lowest BCUT2D eigenvalue weighted by Crippen LogP contribution is -2.33. The van der Waals surface area contributed by atoms with Gasteiger partial charge in [0.2, 0.25) is 0 Å². The van der Waals surface area contributed by atoms with E-state index in [0.29, 0.717) is 18.0 Å². The number of rotatable bonds is 6. The van der Waals surface area contributed by atoms with Crippen molar-refractivity contribution in [3.05, 3.63) is 58.0 Å². The maximum atomic E-state index is 13.1. The van der Waals surface area contributed by atoms with Crippen molar-refractivity contribution in [2.75, 3.05) is 0 Å². The Hall–Kier alpha value is -1.19. The molecule has 1 N–H and O–H groups in total. The highest BCUT2D eigenvalue weighted by Gasteiger charge is 2.32. The van der Waals surface area contributed by atoms with Crippen molar-refractivity contribution in [2.24, 2.45) is 5.92 Å². The van der Waals surface area contributed by atoms with E-state index < -0.39 is 0 Å². The molecular formula is C17H20FNS. The molecule has 0 amide bonds. The van der Waals surface area contributed by atoms with E-state index in [1.807, 2.05) is 23.5 Å². The maximum absolute atomic E-state index is 13.1. The topological polar surface area (TPSA) is 12.0 Å². The van der Waals surface area contributed by atoms with Crippen LogP contribution in [0.3, 0.4) is 0 Å². The van der Waals surface area contributed by atoms with E-state index in [-0.39, 0.29) is 5.82 Å². The Labute approximate surface area is 123 Å². The average Bonchev–Trinajstić information content (AvgIpc) is 3.16. The molecule has 20 heavy (non-hydrogen) atoms. The van der Waals surface area contributed by atoms with Crippen LogP contribution in [0, 0.1) is 11.7 Å². The number of thiophene rings is 1. The molecule has 1 aliphatic rings. The van der Waals surface area contributed by atoms with Gasteiger partial charge in [0.25, 0.3) is 0 Å². The molecule has 1 nitrogen and oxygen atoms in total. The van der Waals surface area contributed by atoms with Crippen molar-refractivity contribution in [2.45, 2.75) is 38.3 Å². The van der Waals surface area contributed by atoms with Gasteiger partial charge in [0, 0.05) is 17.0 Å². The molecule has 1 saturated carbocycles. The highest BCUT2D eigenvalue weighted by atomic mass is 32.1. The van der Waals surface area contributed by atoms with Crippen LogP contribution in [0.4, 0.5) is 4.39 Å². The molecule has 0 bridgehead atoms. The minimum atomic E-state index is -0.157. The van der Waals surface area contributed by atoms with Gasteiger partial charge >= 0.3 is 0 Å². The highest BCUT2D eigenvalue weighted by Crippen LogP contribution is 2.41. The minimum absolute atomic E-state index is 0.157. The van der Waals surface area contributed by atoms with Crippen LogP contribution < -0.4 is 5.32 Å². The second kappa shape index (κ2) is 6.06. The lowest BCUT2D eigenvalue weighted by molar-refractivity contribution is 0.418. The number of hydrogen-bond donors (Lipinski definition) is 1. The van der Waals surface area contributed by atoms with E-state index in [1.165, 1.54) is 23.3 Å². The van der Waals surface area contributed by atoms with Gasteiger partial charge < -0.3 is 5.32 Å². The van der Waals surface area contributed by atoms with Crippen LogP contribution in [-0.4, -0.2) is 6.04 Å². The Morgan fingerprint density at radius 1 is 1.25 bits per heavy atom. The van der Waals surface area contributed by atoms with Gasteiger partial charge in [-0.25, -0.2) is 4.39 Å². The predicted molar refractivity (Wildman–Crippen MR) is 82.5 cm³/mol. The second-order valence-corrected chi connectivity index (χ2v) is 6.75. The van der Waals surface area contributed by atoms with Crippen molar-refractivity contribution in [3.63, 3.8) is 0 Å². The van der Waals surface area contributed by atoms with E-state index in [4.69, 9.17) is 0 Å². The molecule has 1 aromatic heterocycles. The quantitative estimate of drug-likeness (QED) is 0.822. The Kier molecular flexibility index (Phi) is 4.18. The fraction of sp³-hybridized carbons (Fsp3) is 0.412. The molecule has 3 rings (SSSR count). The number of hydrogen-bond acceptors (Lipinski definition) is 2. The third-order valence-corrected chi connectivity index (χ3v) is 4.77. The molecular weight excluding hydrogens is 269 g/mol. The molecule has 2 unspecified atom stereocenters. The van der Waals surface area contributed by atoms with Gasteiger partial charge in [-0.2, -0.15) is 0 Å². The van der Waals surface area contributed by atoms with Crippen molar-refractivity contribution in [3.8, 4) is 0 Å². The van der Waals surface area contributed by atoms with Crippen LogP contribution in [0.1, 0.15) is 36.2 Å². The first-order valence-electron chi connectivity index (χ1n) is 7.26. The van der Waals surface area contributed by atoms with Gasteiger partial charge in [0.15, 0.2) is 0 Å². The zero-order chi connectivity index (χ0) is 13.9. The summed E-state index contributed by atoms with van der Waals surface area (Å²) >= 11 is 1.81. The summed E-state index contributed by atoms with van der Waals surface area (Å²) in [6.07, 6.45) is 3.61. The molecule has 106 valence electrons. The van der Waals surface area contributed by atoms with Gasteiger partial charge in [-0.15, -0.1) is 11.3 Å². The third kappa shape index (κ3) is 3.47. The van der Waals surface area contributed by atoms with Gasteiger partial charge in [-0.1, -0.05) is 18.2 Å².